The van der Waals surface area contributed by atoms with Crippen molar-refractivity contribution in [2.24, 2.45) is 0 Å². The van der Waals surface area contributed by atoms with Crippen molar-refractivity contribution in [2.45, 2.75) is 25.3 Å². The first-order valence-electron chi connectivity index (χ1n) is 9.78. The summed E-state index contributed by atoms with van der Waals surface area (Å²) in [5.41, 5.74) is 2.10. The summed E-state index contributed by atoms with van der Waals surface area (Å²) in [6.45, 7) is 3.95. The largest absolute Gasteiger partial charge is 0.395 e. The number of thiazole rings is 1. The van der Waals surface area contributed by atoms with E-state index in [2.05, 4.69) is 33.2 Å². The molecule has 1 fully saturated rings. The maximum absolute atomic E-state index is 14.9. The first-order valence-corrected chi connectivity index (χ1v) is 11.5. The third-order valence-electron chi connectivity index (χ3n) is 5.87. The fourth-order valence-corrected chi connectivity index (χ4v) is 6.22. The van der Waals surface area contributed by atoms with Crippen molar-refractivity contribution in [2.75, 3.05) is 25.0 Å². The molecule has 156 valence electrons. The lowest BCUT2D eigenvalue weighted by Crippen LogP contribution is -2.31. The average Bonchev–Trinajstić information content (AvgIpc) is 3.44. The van der Waals surface area contributed by atoms with Crippen molar-refractivity contribution in [3.05, 3.63) is 46.4 Å². The number of halogens is 2. The normalized spacial score (nSPS) is 19.9. The number of anilines is 2. The molecular formula is C21H20F2N4OS2. The molecule has 5 nitrogen and oxygen atoms in total. The minimum atomic E-state index is -0.685. The van der Waals surface area contributed by atoms with E-state index in [0.717, 1.165) is 23.2 Å². The average molecular weight is 447 g/mol. The van der Waals surface area contributed by atoms with Gasteiger partial charge in [0.2, 0.25) is 0 Å². The Kier molecular flexibility index (Phi) is 5.14. The van der Waals surface area contributed by atoms with E-state index in [4.69, 9.17) is 0 Å². The number of aliphatic hydroxyl groups is 1. The Bertz CT molecular complexity index is 1220. The molecule has 0 radical (unpaired) electrons. The van der Waals surface area contributed by atoms with E-state index < -0.39 is 11.6 Å². The Morgan fingerprint density at radius 3 is 3.00 bits per heavy atom. The number of rotatable bonds is 5. The number of benzene rings is 1. The van der Waals surface area contributed by atoms with Gasteiger partial charge in [0, 0.05) is 35.0 Å². The number of nitrogens with zero attached hydrogens (tertiary/aromatic N) is 3. The van der Waals surface area contributed by atoms with Crippen LogP contribution in [0.5, 0.6) is 0 Å². The zero-order valence-electron chi connectivity index (χ0n) is 16.2. The number of β-amino-alcohol motifs (C(OH)–C–C–N with tert-alkyl or cyclic N) is 1. The highest BCUT2D eigenvalue weighted by Gasteiger charge is 2.32. The van der Waals surface area contributed by atoms with Crippen molar-refractivity contribution < 1.29 is 13.9 Å². The standard InChI is InChI=1S/C21H20F2N4OS2/c1-11-12(3-5-27(11)6-7-28)16-8-13-15(2-4-24-21(13)30-16)26-19-14(22)9-17-20(18(19)23)25-10-29-17/h2,4,8-12,28H,3,5-7H2,1H3,(H,24,26). The number of fused-ring (bicyclic) bond motifs is 2. The van der Waals surface area contributed by atoms with E-state index in [1.54, 1.807) is 23.6 Å². The molecule has 5 rings (SSSR count). The summed E-state index contributed by atoms with van der Waals surface area (Å²) in [7, 11) is 0. The predicted octanol–water partition coefficient (Wildman–Crippen LogP) is 5.10. The number of hydrogen-bond acceptors (Lipinski definition) is 7. The molecular weight excluding hydrogens is 426 g/mol. The van der Waals surface area contributed by atoms with Gasteiger partial charge < -0.3 is 10.4 Å². The molecule has 2 N–H and O–H groups in total. The lowest BCUT2D eigenvalue weighted by Gasteiger charge is -2.23. The molecule has 1 aliphatic rings. The minimum absolute atomic E-state index is 0.152. The van der Waals surface area contributed by atoms with Crippen LogP contribution in [-0.2, 0) is 0 Å². The summed E-state index contributed by atoms with van der Waals surface area (Å²) in [6, 6.07) is 5.45. The van der Waals surface area contributed by atoms with E-state index in [-0.39, 0.29) is 17.8 Å². The van der Waals surface area contributed by atoms with Gasteiger partial charge in [-0.05, 0) is 38.1 Å². The van der Waals surface area contributed by atoms with Crippen LogP contribution in [-0.4, -0.2) is 45.7 Å². The Hall–Kier alpha value is -2.20. The van der Waals surface area contributed by atoms with Crippen LogP contribution >= 0.6 is 22.7 Å². The summed E-state index contributed by atoms with van der Waals surface area (Å²) in [5.74, 6) is -0.979. The first kappa shape index (κ1) is 19.7. The van der Waals surface area contributed by atoms with Gasteiger partial charge in [-0.1, -0.05) is 0 Å². The van der Waals surface area contributed by atoms with E-state index >= 15 is 0 Å². The Morgan fingerprint density at radius 1 is 1.30 bits per heavy atom. The van der Waals surface area contributed by atoms with Crippen molar-refractivity contribution >= 4 is 54.5 Å². The molecule has 9 heteroatoms. The van der Waals surface area contributed by atoms with Crippen LogP contribution in [0.3, 0.4) is 0 Å². The molecule has 0 amide bonds. The predicted molar refractivity (Wildman–Crippen MR) is 118 cm³/mol. The third-order valence-corrected chi connectivity index (χ3v) is 7.82. The van der Waals surface area contributed by atoms with Crippen molar-refractivity contribution in [1.82, 2.24) is 14.9 Å². The van der Waals surface area contributed by atoms with E-state index in [0.29, 0.717) is 28.9 Å². The fraction of sp³-hybridized carbons (Fsp3) is 0.333. The quantitative estimate of drug-likeness (QED) is 0.447. The molecule has 0 aliphatic carbocycles. The molecule has 4 aromatic rings. The van der Waals surface area contributed by atoms with Crippen LogP contribution in [0.25, 0.3) is 20.4 Å². The molecule has 30 heavy (non-hydrogen) atoms. The minimum Gasteiger partial charge on any atom is -0.395 e. The van der Waals surface area contributed by atoms with Gasteiger partial charge in [0.1, 0.15) is 16.0 Å². The Labute approximate surface area is 180 Å². The molecule has 1 saturated heterocycles. The summed E-state index contributed by atoms with van der Waals surface area (Å²) in [5, 5.41) is 13.1. The molecule has 2 atom stereocenters. The SMILES string of the molecule is CC1C(c2cc3c(Nc4c(F)cc5scnc5c4F)ccnc3s2)CCN1CCO. The molecule has 3 aromatic heterocycles. The lowest BCUT2D eigenvalue weighted by atomic mass is 9.99. The first-order chi connectivity index (χ1) is 14.6. The summed E-state index contributed by atoms with van der Waals surface area (Å²) in [6.07, 6.45) is 2.67. The number of likely N-dealkylation sites (tertiary alicyclic amines) is 1. The molecule has 1 aliphatic heterocycles. The monoisotopic (exact) mass is 446 g/mol. The number of nitrogens with one attached hydrogen (secondary N) is 1. The van der Waals surface area contributed by atoms with E-state index in [1.807, 2.05) is 0 Å². The maximum atomic E-state index is 14.9. The summed E-state index contributed by atoms with van der Waals surface area (Å²) in [4.78, 5) is 12.8. The van der Waals surface area contributed by atoms with Gasteiger partial charge in [0.15, 0.2) is 11.6 Å². The van der Waals surface area contributed by atoms with Gasteiger partial charge in [0.25, 0.3) is 0 Å². The van der Waals surface area contributed by atoms with Crippen LogP contribution in [0.2, 0.25) is 0 Å². The highest BCUT2D eigenvalue weighted by Crippen LogP contribution is 2.41. The number of pyridine rings is 1. The van der Waals surface area contributed by atoms with E-state index in [9.17, 15) is 13.9 Å². The van der Waals surface area contributed by atoms with Crippen LogP contribution in [0, 0.1) is 11.6 Å². The fourth-order valence-electron chi connectivity index (χ4n) is 4.26. The second-order valence-corrected chi connectivity index (χ2v) is 9.44. The second kappa shape index (κ2) is 7.81. The molecule has 2 unspecified atom stereocenters. The third kappa shape index (κ3) is 3.26. The van der Waals surface area contributed by atoms with Gasteiger partial charge in [-0.3, -0.25) is 4.90 Å². The smallest absolute Gasteiger partial charge is 0.176 e. The summed E-state index contributed by atoms with van der Waals surface area (Å²) < 4.78 is 30.0. The van der Waals surface area contributed by atoms with Crippen LogP contribution in [0.15, 0.2) is 29.9 Å². The molecule has 4 heterocycles. The van der Waals surface area contributed by atoms with Gasteiger partial charge in [-0.2, -0.15) is 0 Å². The van der Waals surface area contributed by atoms with Crippen molar-refractivity contribution in [3.63, 3.8) is 0 Å². The molecule has 1 aromatic carbocycles. The highest BCUT2D eigenvalue weighted by atomic mass is 32.1. The van der Waals surface area contributed by atoms with Gasteiger partial charge in [0.05, 0.1) is 22.5 Å². The van der Waals surface area contributed by atoms with Crippen molar-refractivity contribution in [1.29, 1.82) is 0 Å². The molecule has 0 bridgehead atoms. The zero-order valence-corrected chi connectivity index (χ0v) is 17.9. The summed E-state index contributed by atoms with van der Waals surface area (Å²) >= 11 is 2.82. The maximum Gasteiger partial charge on any atom is 0.176 e. The van der Waals surface area contributed by atoms with Crippen LogP contribution < -0.4 is 5.32 Å². The van der Waals surface area contributed by atoms with Gasteiger partial charge >= 0.3 is 0 Å². The highest BCUT2D eigenvalue weighted by molar-refractivity contribution is 7.18. The Morgan fingerprint density at radius 2 is 2.17 bits per heavy atom. The van der Waals surface area contributed by atoms with Crippen LogP contribution in [0.4, 0.5) is 20.2 Å². The Balaban J connectivity index is 1.51. The van der Waals surface area contributed by atoms with Crippen LogP contribution in [0.1, 0.15) is 24.1 Å². The zero-order chi connectivity index (χ0) is 20.8. The number of thiophene rings is 1. The van der Waals surface area contributed by atoms with Gasteiger partial charge in [-0.15, -0.1) is 22.7 Å². The number of aromatic nitrogens is 2. The topological polar surface area (TPSA) is 61.3 Å². The van der Waals surface area contributed by atoms with Gasteiger partial charge in [-0.25, -0.2) is 18.7 Å². The molecule has 0 spiro atoms. The van der Waals surface area contributed by atoms with Crippen molar-refractivity contribution in [3.8, 4) is 0 Å². The number of aliphatic hydroxyl groups excluding tert-OH is 1. The van der Waals surface area contributed by atoms with E-state index in [1.165, 1.54) is 27.8 Å². The number of hydrogen-bond donors (Lipinski definition) is 2. The lowest BCUT2D eigenvalue weighted by molar-refractivity contribution is 0.188. The molecule has 0 saturated carbocycles. The second-order valence-electron chi connectivity index (χ2n) is 7.49.